The van der Waals surface area contributed by atoms with Gasteiger partial charge in [-0.3, -0.25) is 4.72 Å². The number of hydrogen-bond acceptors (Lipinski definition) is 4. The van der Waals surface area contributed by atoms with Crippen molar-refractivity contribution < 1.29 is 17.9 Å². The highest BCUT2D eigenvalue weighted by Gasteiger charge is 2.19. The van der Waals surface area contributed by atoms with E-state index in [9.17, 15) is 13.2 Å². The predicted octanol–water partition coefficient (Wildman–Crippen LogP) is 4.45. The molecule has 8 heteroatoms. The monoisotopic (exact) mass is 451 g/mol. The summed E-state index contributed by atoms with van der Waals surface area (Å²) in [6, 6.07) is 22.4. The van der Waals surface area contributed by atoms with Crippen LogP contribution in [0.15, 0.2) is 83.8 Å². The van der Waals surface area contributed by atoms with Gasteiger partial charge in [-0.05, 0) is 48.7 Å². The van der Waals surface area contributed by atoms with Gasteiger partial charge in [0, 0.05) is 30.1 Å². The van der Waals surface area contributed by atoms with E-state index >= 15 is 0 Å². The summed E-state index contributed by atoms with van der Waals surface area (Å²) in [4.78, 5) is 12.2. The normalized spacial score (nSPS) is 15.8. The fourth-order valence-electron chi connectivity index (χ4n) is 3.58. The summed E-state index contributed by atoms with van der Waals surface area (Å²) in [6.45, 7) is 1.20. The summed E-state index contributed by atoms with van der Waals surface area (Å²) in [5.74, 6) is 0. The Morgan fingerprint density at radius 1 is 0.906 bits per heavy atom. The van der Waals surface area contributed by atoms with E-state index in [4.69, 9.17) is 4.74 Å². The van der Waals surface area contributed by atoms with Gasteiger partial charge in [-0.15, -0.1) is 0 Å². The van der Waals surface area contributed by atoms with Gasteiger partial charge in [0.25, 0.3) is 10.0 Å². The zero-order valence-corrected chi connectivity index (χ0v) is 18.3. The molecule has 7 nitrogen and oxygen atoms in total. The van der Waals surface area contributed by atoms with E-state index in [0.717, 1.165) is 25.0 Å². The Hall–Kier alpha value is -3.36. The molecule has 0 bridgehead atoms. The van der Waals surface area contributed by atoms with Crippen molar-refractivity contribution in [3.05, 3.63) is 78.9 Å². The topological polar surface area (TPSA) is 96.5 Å². The average molecular weight is 452 g/mol. The number of hydrogen-bond donors (Lipinski definition) is 3. The molecule has 0 radical (unpaired) electrons. The van der Waals surface area contributed by atoms with Crippen LogP contribution in [0.3, 0.4) is 0 Å². The Labute approximate surface area is 187 Å². The molecule has 0 aliphatic carbocycles. The summed E-state index contributed by atoms with van der Waals surface area (Å²) in [5.41, 5.74) is 2.41. The van der Waals surface area contributed by atoms with E-state index in [1.807, 2.05) is 36.4 Å². The van der Waals surface area contributed by atoms with Crippen LogP contribution < -0.4 is 15.4 Å². The first-order valence-corrected chi connectivity index (χ1v) is 11.9. The van der Waals surface area contributed by atoms with Crippen LogP contribution in [-0.4, -0.2) is 33.7 Å². The molecule has 0 saturated carbocycles. The van der Waals surface area contributed by atoms with Crippen molar-refractivity contribution in [1.29, 1.82) is 0 Å². The molecule has 1 aliphatic heterocycles. The van der Waals surface area contributed by atoms with Gasteiger partial charge in [0.2, 0.25) is 0 Å². The molecule has 32 heavy (non-hydrogen) atoms. The minimum atomic E-state index is -3.81. The first-order chi connectivity index (χ1) is 15.5. The highest BCUT2D eigenvalue weighted by Crippen LogP contribution is 2.28. The van der Waals surface area contributed by atoms with Crippen molar-refractivity contribution >= 4 is 27.4 Å². The van der Waals surface area contributed by atoms with Gasteiger partial charge in [-0.2, -0.15) is 0 Å². The number of benzene rings is 3. The van der Waals surface area contributed by atoms with E-state index in [0.29, 0.717) is 23.5 Å². The third-order valence-electron chi connectivity index (χ3n) is 5.17. The minimum Gasteiger partial charge on any atom is -0.376 e. The second-order valence-electron chi connectivity index (χ2n) is 7.52. The molecule has 3 aromatic rings. The van der Waals surface area contributed by atoms with Crippen LogP contribution in [0.1, 0.15) is 12.8 Å². The van der Waals surface area contributed by atoms with Crippen molar-refractivity contribution in [2.75, 3.05) is 23.2 Å². The third kappa shape index (κ3) is 5.46. The second kappa shape index (κ2) is 9.84. The summed E-state index contributed by atoms with van der Waals surface area (Å²) >= 11 is 0. The summed E-state index contributed by atoms with van der Waals surface area (Å²) in [5, 5.41) is 5.52. The van der Waals surface area contributed by atoms with Gasteiger partial charge in [0.1, 0.15) is 0 Å². The Morgan fingerprint density at radius 3 is 2.31 bits per heavy atom. The molecule has 0 spiro atoms. The largest absolute Gasteiger partial charge is 0.376 e. The molecule has 4 rings (SSSR count). The first kappa shape index (κ1) is 21.9. The maximum absolute atomic E-state index is 13.1. The molecular weight excluding hydrogens is 426 g/mol. The number of rotatable bonds is 7. The molecule has 1 saturated heterocycles. The summed E-state index contributed by atoms with van der Waals surface area (Å²) in [6.07, 6.45) is 2.03. The third-order valence-corrected chi connectivity index (χ3v) is 6.61. The SMILES string of the molecule is O=C(NCC1CCCO1)Nc1ccc(NS(=O)(=O)c2ccccc2-c2ccccc2)cc1. The fraction of sp³-hybridized carbons (Fsp3) is 0.208. The summed E-state index contributed by atoms with van der Waals surface area (Å²) < 4.78 is 34.2. The molecule has 1 unspecified atom stereocenters. The number of carbonyl (C=O) groups is 1. The van der Waals surface area contributed by atoms with E-state index < -0.39 is 10.0 Å². The van der Waals surface area contributed by atoms with Crippen LogP contribution in [0.4, 0.5) is 16.2 Å². The lowest BCUT2D eigenvalue weighted by Crippen LogP contribution is -2.35. The Morgan fingerprint density at radius 2 is 1.59 bits per heavy atom. The van der Waals surface area contributed by atoms with Gasteiger partial charge in [0.15, 0.2) is 0 Å². The lowest BCUT2D eigenvalue weighted by Gasteiger charge is -2.14. The van der Waals surface area contributed by atoms with Crippen molar-refractivity contribution in [2.24, 2.45) is 0 Å². The standard InChI is InChI=1S/C24H25N3O4S/c28-24(25-17-21-9-6-16-31-21)26-19-12-14-20(15-13-19)27-32(29,30)23-11-5-4-10-22(23)18-7-2-1-3-8-18/h1-5,7-8,10-15,21,27H,6,9,16-17H2,(H2,25,26,28). The highest BCUT2D eigenvalue weighted by molar-refractivity contribution is 7.92. The Bertz CT molecular complexity index is 1160. The fourth-order valence-corrected chi connectivity index (χ4v) is 4.87. The van der Waals surface area contributed by atoms with Gasteiger partial charge in [0.05, 0.1) is 11.0 Å². The lowest BCUT2D eigenvalue weighted by molar-refractivity contribution is 0.112. The van der Waals surface area contributed by atoms with Gasteiger partial charge in [-0.25, -0.2) is 13.2 Å². The molecule has 1 fully saturated rings. The molecule has 0 aromatic heterocycles. The number of sulfonamides is 1. The number of anilines is 2. The van der Waals surface area contributed by atoms with Crippen LogP contribution >= 0.6 is 0 Å². The van der Waals surface area contributed by atoms with Gasteiger partial charge in [-0.1, -0.05) is 48.5 Å². The van der Waals surface area contributed by atoms with E-state index in [1.54, 1.807) is 42.5 Å². The van der Waals surface area contributed by atoms with E-state index in [2.05, 4.69) is 15.4 Å². The summed E-state index contributed by atoms with van der Waals surface area (Å²) in [7, 11) is -3.81. The Balaban J connectivity index is 1.41. The molecule has 1 heterocycles. The molecule has 2 amide bonds. The smallest absolute Gasteiger partial charge is 0.319 e. The molecule has 3 aromatic carbocycles. The van der Waals surface area contributed by atoms with E-state index in [1.165, 1.54) is 0 Å². The Kier molecular flexibility index (Phi) is 6.72. The van der Waals surface area contributed by atoms with Crippen molar-refractivity contribution in [3.8, 4) is 11.1 Å². The molecular formula is C24H25N3O4S. The second-order valence-corrected chi connectivity index (χ2v) is 9.17. The maximum Gasteiger partial charge on any atom is 0.319 e. The average Bonchev–Trinajstić information content (AvgIpc) is 3.33. The van der Waals surface area contributed by atoms with Crippen molar-refractivity contribution in [3.63, 3.8) is 0 Å². The number of carbonyl (C=O) groups excluding carboxylic acids is 1. The van der Waals surface area contributed by atoms with Gasteiger partial charge < -0.3 is 15.4 Å². The van der Waals surface area contributed by atoms with Crippen LogP contribution in [0.25, 0.3) is 11.1 Å². The van der Waals surface area contributed by atoms with Crippen LogP contribution in [-0.2, 0) is 14.8 Å². The number of urea groups is 1. The quantitative estimate of drug-likeness (QED) is 0.494. The highest BCUT2D eigenvalue weighted by atomic mass is 32.2. The van der Waals surface area contributed by atoms with Crippen molar-refractivity contribution in [2.45, 2.75) is 23.8 Å². The zero-order valence-electron chi connectivity index (χ0n) is 17.5. The van der Waals surface area contributed by atoms with Crippen LogP contribution in [0, 0.1) is 0 Å². The number of amides is 2. The molecule has 1 atom stereocenters. The lowest BCUT2D eigenvalue weighted by atomic mass is 10.1. The van der Waals surface area contributed by atoms with Gasteiger partial charge >= 0.3 is 6.03 Å². The number of ether oxygens (including phenoxy) is 1. The molecule has 1 aliphatic rings. The maximum atomic E-state index is 13.1. The molecule has 3 N–H and O–H groups in total. The number of nitrogens with one attached hydrogen (secondary N) is 3. The van der Waals surface area contributed by atoms with Crippen molar-refractivity contribution in [1.82, 2.24) is 5.32 Å². The van der Waals surface area contributed by atoms with E-state index in [-0.39, 0.29) is 17.0 Å². The minimum absolute atomic E-state index is 0.0660. The predicted molar refractivity (Wildman–Crippen MR) is 125 cm³/mol. The van der Waals surface area contributed by atoms with Crippen LogP contribution in [0.2, 0.25) is 0 Å². The first-order valence-electron chi connectivity index (χ1n) is 10.4. The molecule has 166 valence electrons. The van der Waals surface area contributed by atoms with Crippen LogP contribution in [0.5, 0.6) is 0 Å². The zero-order chi connectivity index (χ0) is 22.4.